The Morgan fingerprint density at radius 1 is 1.25 bits per heavy atom. The molecular weight excluding hydrogens is 226 g/mol. The normalized spacial score (nSPS) is 10.8. The van der Waals surface area contributed by atoms with E-state index in [4.69, 9.17) is 0 Å². The second-order valence-electron chi connectivity index (χ2n) is 3.37. The van der Waals surface area contributed by atoms with Crippen molar-refractivity contribution in [1.29, 1.82) is 0 Å². The molecule has 0 fully saturated rings. The summed E-state index contributed by atoms with van der Waals surface area (Å²) in [7, 11) is -3.19. The number of aliphatic imine (C=N–C) groups is 1. The third-order valence-electron chi connectivity index (χ3n) is 2.14. The highest BCUT2D eigenvalue weighted by Gasteiger charge is 2.12. The number of benzene rings is 1. The number of carbonyl (C=O) groups excluding carboxylic acids is 1. The first kappa shape index (κ1) is 12.6. The molecule has 4 nitrogen and oxygen atoms in total. The van der Waals surface area contributed by atoms with Gasteiger partial charge in [0.2, 0.25) is 6.08 Å². The molecule has 0 saturated carbocycles. The van der Waals surface area contributed by atoms with Gasteiger partial charge in [-0.15, -0.1) is 0 Å². The summed E-state index contributed by atoms with van der Waals surface area (Å²) in [5.41, 5.74) is 0.407. The maximum atomic E-state index is 11.8. The molecule has 1 aromatic rings. The van der Waals surface area contributed by atoms with Gasteiger partial charge >= 0.3 is 0 Å². The first-order chi connectivity index (χ1) is 7.60. The van der Waals surface area contributed by atoms with E-state index < -0.39 is 9.84 Å². The molecule has 0 aliphatic rings. The van der Waals surface area contributed by atoms with Crippen molar-refractivity contribution >= 4 is 21.6 Å². The van der Waals surface area contributed by atoms with Crippen LogP contribution in [0, 0.1) is 0 Å². The zero-order valence-electron chi connectivity index (χ0n) is 9.01. The summed E-state index contributed by atoms with van der Waals surface area (Å²) in [6.45, 7) is 1.94. The van der Waals surface area contributed by atoms with Gasteiger partial charge in [0.15, 0.2) is 9.84 Å². The van der Waals surface area contributed by atoms with Crippen LogP contribution >= 0.6 is 0 Å². The third kappa shape index (κ3) is 3.29. The molecule has 1 rings (SSSR count). The number of hydrogen-bond donors (Lipinski definition) is 0. The van der Waals surface area contributed by atoms with Crippen LogP contribution in [0.15, 0.2) is 34.2 Å². The van der Waals surface area contributed by atoms with E-state index in [1.807, 2.05) is 6.92 Å². The van der Waals surface area contributed by atoms with Crippen LogP contribution in [-0.4, -0.2) is 20.3 Å². The molecule has 0 amide bonds. The van der Waals surface area contributed by atoms with Crippen LogP contribution < -0.4 is 0 Å². The molecule has 5 heteroatoms. The Labute approximate surface area is 94.9 Å². The minimum absolute atomic E-state index is 0.153. The second kappa shape index (κ2) is 5.58. The van der Waals surface area contributed by atoms with Crippen molar-refractivity contribution in [2.75, 3.05) is 5.75 Å². The van der Waals surface area contributed by atoms with Gasteiger partial charge < -0.3 is 0 Å². The molecule has 0 unspecified atom stereocenters. The molecule has 0 saturated heterocycles. The first-order valence-corrected chi connectivity index (χ1v) is 6.66. The van der Waals surface area contributed by atoms with Crippen molar-refractivity contribution in [3.8, 4) is 0 Å². The van der Waals surface area contributed by atoms with Crippen molar-refractivity contribution in [3.05, 3.63) is 24.3 Å². The quantitative estimate of drug-likeness (QED) is 0.584. The van der Waals surface area contributed by atoms with Gasteiger partial charge in [-0.3, -0.25) is 0 Å². The van der Waals surface area contributed by atoms with Gasteiger partial charge in [-0.1, -0.05) is 13.3 Å². The summed E-state index contributed by atoms with van der Waals surface area (Å²) in [4.78, 5) is 13.6. The van der Waals surface area contributed by atoms with E-state index in [-0.39, 0.29) is 10.6 Å². The highest BCUT2D eigenvalue weighted by Crippen LogP contribution is 2.17. The molecule has 0 atom stereocenters. The van der Waals surface area contributed by atoms with Crippen LogP contribution in [0.5, 0.6) is 0 Å². The van der Waals surface area contributed by atoms with Crippen molar-refractivity contribution < 1.29 is 13.2 Å². The number of isocyanates is 1. The minimum atomic E-state index is -3.19. The lowest BCUT2D eigenvalue weighted by Crippen LogP contribution is -2.06. The number of sulfone groups is 1. The molecule has 0 spiro atoms. The average Bonchev–Trinajstić information content (AvgIpc) is 2.28. The van der Waals surface area contributed by atoms with Gasteiger partial charge in [0.05, 0.1) is 16.3 Å². The lowest BCUT2D eigenvalue weighted by atomic mass is 10.3. The van der Waals surface area contributed by atoms with Crippen LogP contribution in [0.3, 0.4) is 0 Å². The molecule has 16 heavy (non-hydrogen) atoms. The van der Waals surface area contributed by atoms with Gasteiger partial charge in [0.25, 0.3) is 0 Å². The van der Waals surface area contributed by atoms with Crippen LogP contribution in [0.4, 0.5) is 5.69 Å². The lowest BCUT2D eigenvalue weighted by Gasteiger charge is -2.03. The predicted octanol–water partition coefficient (Wildman–Crippen LogP) is 2.23. The zero-order chi connectivity index (χ0) is 12.0. The van der Waals surface area contributed by atoms with Crippen molar-refractivity contribution in [1.82, 2.24) is 0 Å². The fraction of sp³-hybridized carbons (Fsp3) is 0.364. The zero-order valence-corrected chi connectivity index (χ0v) is 9.83. The van der Waals surface area contributed by atoms with Gasteiger partial charge in [0, 0.05) is 0 Å². The standard InChI is InChI=1S/C11H13NO3S/c1-2-3-8-16(14,15)11-6-4-10(5-7-11)12-9-13/h4-7H,2-3,8H2,1H3. The topological polar surface area (TPSA) is 63.6 Å². The molecule has 0 radical (unpaired) electrons. The maximum Gasteiger partial charge on any atom is 0.240 e. The summed E-state index contributed by atoms with van der Waals surface area (Å²) >= 11 is 0. The fourth-order valence-corrected chi connectivity index (χ4v) is 2.69. The van der Waals surface area contributed by atoms with Crippen LogP contribution in [-0.2, 0) is 14.6 Å². The smallest absolute Gasteiger partial charge is 0.224 e. The third-order valence-corrected chi connectivity index (χ3v) is 3.95. The van der Waals surface area contributed by atoms with E-state index >= 15 is 0 Å². The Bertz CT molecular complexity index is 484. The van der Waals surface area contributed by atoms with Gasteiger partial charge in [-0.05, 0) is 30.7 Å². The highest BCUT2D eigenvalue weighted by molar-refractivity contribution is 7.91. The maximum absolute atomic E-state index is 11.8. The van der Waals surface area contributed by atoms with Crippen LogP contribution in [0.2, 0.25) is 0 Å². The molecule has 0 aromatic heterocycles. The summed E-state index contributed by atoms with van der Waals surface area (Å²) in [5, 5.41) is 0. The number of rotatable bonds is 5. The van der Waals surface area contributed by atoms with E-state index in [1.165, 1.54) is 30.3 Å². The Morgan fingerprint density at radius 2 is 1.88 bits per heavy atom. The van der Waals surface area contributed by atoms with Gasteiger partial charge in [-0.2, -0.15) is 4.99 Å². The first-order valence-electron chi connectivity index (χ1n) is 5.01. The van der Waals surface area contributed by atoms with Crippen LogP contribution in [0.1, 0.15) is 19.8 Å². The fourth-order valence-electron chi connectivity index (χ4n) is 1.23. The van der Waals surface area contributed by atoms with Gasteiger partial charge in [-0.25, -0.2) is 13.2 Å². The number of unbranched alkanes of at least 4 members (excludes halogenated alkanes) is 1. The number of hydrogen-bond acceptors (Lipinski definition) is 4. The highest BCUT2D eigenvalue weighted by atomic mass is 32.2. The summed E-state index contributed by atoms with van der Waals surface area (Å²) in [5.74, 6) is 0.153. The summed E-state index contributed by atoms with van der Waals surface area (Å²) < 4.78 is 23.5. The largest absolute Gasteiger partial charge is 0.240 e. The number of nitrogens with zero attached hydrogens (tertiary/aromatic N) is 1. The Balaban J connectivity index is 2.92. The lowest BCUT2D eigenvalue weighted by molar-refractivity contribution is 0.565. The van der Waals surface area contributed by atoms with E-state index in [9.17, 15) is 13.2 Å². The van der Waals surface area contributed by atoms with E-state index in [2.05, 4.69) is 4.99 Å². The molecule has 0 N–H and O–H groups in total. The molecule has 0 aliphatic carbocycles. The second-order valence-corrected chi connectivity index (χ2v) is 5.48. The van der Waals surface area contributed by atoms with Gasteiger partial charge in [0.1, 0.15) is 0 Å². The van der Waals surface area contributed by atoms with E-state index in [1.54, 1.807) is 0 Å². The van der Waals surface area contributed by atoms with Crippen molar-refractivity contribution in [2.24, 2.45) is 4.99 Å². The molecule has 0 bridgehead atoms. The Hall–Kier alpha value is -1.45. The molecule has 0 aliphatic heterocycles. The van der Waals surface area contributed by atoms with Crippen LogP contribution in [0.25, 0.3) is 0 Å². The Morgan fingerprint density at radius 3 is 2.38 bits per heavy atom. The van der Waals surface area contributed by atoms with E-state index in [0.717, 1.165) is 6.42 Å². The molecule has 86 valence electrons. The predicted molar refractivity (Wildman–Crippen MR) is 61.2 cm³/mol. The molecule has 0 heterocycles. The SMILES string of the molecule is CCCCS(=O)(=O)c1ccc(N=C=O)cc1. The Kier molecular flexibility index (Phi) is 4.40. The minimum Gasteiger partial charge on any atom is -0.224 e. The summed E-state index contributed by atoms with van der Waals surface area (Å²) in [6, 6.07) is 5.90. The van der Waals surface area contributed by atoms with Crippen molar-refractivity contribution in [2.45, 2.75) is 24.7 Å². The molecule has 1 aromatic carbocycles. The summed E-state index contributed by atoms with van der Waals surface area (Å²) in [6.07, 6.45) is 2.89. The van der Waals surface area contributed by atoms with Crippen molar-refractivity contribution in [3.63, 3.8) is 0 Å². The monoisotopic (exact) mass is 239 g/mol. The molecular formula is C11H13NO3S. The van der Waals surface area contributed by atoms with E-state index in [0.29, 0.717) is 12.1 Å². The average molecular weight is 239 g/mol.